The standard InChI is InChI=1S/C22H24FN3O3S/c1-10-16-19(26(13-4-5-13)22(28)25-21(16)27)20(29-2)17(18(10)23)15-8-12-7-11(9-24)3-6-14(12)30-15/h8,11,13H,3-7,9,24H2,1-2H3,(H,25,27,28). The normalized spacial score (nSPS) is 18.6. The Morgan fingerprint density at radius 2 is 2.10 bits per heavy atom. The molecule has 158 valence electrons. The number of nitrogens with two attached hydrogens (primary N) is 1. The minimum absolute atomic E-state index is 0.00492. The molecule has 1 fully saturated rings. The lowest BCUT2D eigenvalue weighted by atomic mass is 9.88. The van der Waals surface area contributed by atoms with Crippen LogP contribution in [0.2, 0.25) is 0 Å². The molecule has 3 aromatic rings. The largest absolute Gasteiger partial charge is 0.494 e. The molecule has 1 saturated carbocycles. The van der Waals surface area contributed by atoms with Crippen LogP contribution in [-0.4, -0.2) is 23.2 Å². The number of aromatic nitrogens is 2. The molecule has 2 aliphatic rings. The van der Waals surface area contributed by atoms with Crippen molar-refractivity contribution in [2.24, 2.45) is 11.7 Å². The van der Waals surface area contributed by atoms with Crippen molar-refractivity contribution < 1.29 is 9.13 Å². The maximum absolute atomic E-state index is 15.7. The molecule has 2 aliphatic carbocycles. The summed E-state index contributed by atoms with van der Waals surface area (Å²) in [6, 6.07) is 2.03. The van der Waals surface area contributed by atoms with Gasteiger partial charge in [0, 0.05) is 21.4 Å². The van der Waals surface area contributed by atoms with E-state index in [1.165, 1.54) is 17.6 Å². The first-order valence-corrected chi connectivity index (χ1v) is 11.1. The van der Waals surface area contributed by atoms with Crippen LogP contribution in [0, 0.1) is 18.7 Å². The van der Waals surface area contributed by atoms with Gasteiger partial charge in [0.05, 0.1) is 18.1 Å². The zero-order chi connectivity index (χ0) is 21.2. The topological polar surface area (TPSA) is 90.1 Å². The second-order valence-corrected chi connectivity index (χ2v) is 9.47. The molecule has 0 bridgehead atoms. The number of hydrogen-bond donors (Lipinski definition) is 2. The first kappa shape index (κ1) is 19.5. The molecule has 1 unspecified atom stereocenters. The fourth-order valence-corrected chi connectivity index (χ4v) is 5.90. The van der Waals surface area contributed by atoms with E-state index >= 15 is 4.39 Å². The highest BCUT2D eigenvalue weighted by molar-refractivity contribution is 7.15. The van der Waals surface area contributed by atoms with E-state index in [9.17, 15) is 9.59 Å². The van der Waals surface area contributed by atoms with Gasteiger partial charge in [-0.2, -0.15) is 0 Å². The Morgan fingerprint density at radius 3 is 2.77 bits per heavy atom. The molecule has 8 heteroatoms. The van der Waals surface area contributed by atoms with Gasteiger partial charge in [-0.15, -0.1) is 11.3 Å². The highest BCUT2D eigenvalue weighted by Gasteiger charge is 2.32. The van der Waals surface area contributed by atoms with Crippen molar-refractivity contribution in [2.45, 2.75) is 45.1 Å². The molecule has 0 saturated heterocycles. The second-order valence-electron chi connectivity index (χ2n) is 8.33. The van der Waals surface area contributed by atoms with Gasteiger partial charge in [-0.05, 0) is 63.1 Å². The maximum atomic E-state index is 15.7. The monoisotopic (exact) mass is 429 g/mol. The number of methoxy groups -OCH3 is 1. The highest BCUT2D eigenvalue weighted by atomic mass is 32.1. The van der Waals surface area contributed by atoms with Gasteiger partial charge in [-0.25, -0.2) is 9.18 Å². The molecule has 1 atom stereocenters. The summed E-state index contributed by atoms with van der Waals surface area (Å²) in [5.41, 5.74) is 7.00. The van der Waals surface area contributed by atoms with Gasteiger partial charge in [0.1, 0.15) is 11.3 Å². The van der Waals surface area contributed by atoms with Crippen molar-refractivity contribution >= 4 is 22.2 Å². The number of thiophene rings is 1. The molecule has 0 aliphatic heterocycles. The predicted molar refractivity (Wildman–Crippen MR) is 116 cm³/mol. The quantitative estimate of drug-likeness (QED) is 0.666. The molecule has 6 nitrogen and oxygen atoms in total. The third-order valence-corrected chi connectivity index (χ3v) is 7.65. The first-order chi connectivity index (χ1) is 14.4. The number of ether oxygens (including phenoxy) is 1. The summed E-state index contributed by atoms with van der Waals surface area (Å²) in [6.45, 7) is 2.24. The van der Waals surface area contributed by atoms with Crippen LogP contribution < -0.4 is 21.7 Å². The van der Waals surface area contributed by atoms with E-state index in [0.717, 1.165) is 37.0 Å². The summed E-state index contributed by atoms with van der Waals surface area (Å²) in [6.07, 6.45) is 4.57. The molecule has 0 radical (unpaired) electrons. The summed E-state index contributed by atoms with van der Waals surface area (Å²) in [5, 5.41) is 0.184. The number of nitrogens with zero attached hydrogens (tertiary/aromatic N) is 1. The molecule has 2 heterocycles. The van der Waals surface area contributed by atoms with E-state index in [4.69, 9.17) is 10.5 Å². The van der Waals surface area contributed by atoms with Crippen LogP contribution in [0.5, 0.6) is 5.75 Å². The number of hydrogen-bond acceptors (Lipinski definition) is 5. The third kappa shape index (κ3) is 2.85. The summed E-state index contributed by atoms with van der Waals surface area (Å²) >= 11 is 1.57. The van der Waals surface area contributed by atoms with Crippen LogP contribution in [0.3, 0.4) is 0 Å². The number of nitrogens with one attached hydrogen (secondary N) is 1. The SMILES string of the molecule is COc1c(-c2cc3c(s2)CCC(CN)C3)c(F)c(C)c2c(=O)[nH]c(=O)n(C3CC3)c12. The minimum Gasteiger partial charge on any atom is -0.494 e. The predicted octanol–water partition coefficient (Wildman–Crippen LogP) is 3.27. The molecule has 2 aromatic heterocycles. The molecule has 1 aromatic carbocycles. The van der Waals surface area contributed by atoms with E-state index < -0.39 is 17.1 Å². The summed E-state index contributed by atoms with van der Waals surface area (Å²) in [7, 11) is 1.47. The average Bonchev–Trinajstić information content (AvgIpc) is 3.47. The first-order valence-electron chi connectivity index (χ1n) is 10.3. The molecule has 30 heavy (non-hydrogen) atoms. The van der Waals surface area contributed by atoms with Crippen LogP contribution in [0.25, 0.3) is 21.3 Å². The summed E-state index contributed by atoms with van der Waals surface area (Å²) in [5.74, 6) is 0.237. The summed E-state index contributed by atoms with van der Waals surface area (Å²) in [4.78, 5) is 29.6. The lowest BCUT2D eigenvalue weighted by Crippen LogP contribution is -2.31. The Kier molecular flexibility index (Phi) is 4.59. The smallest absolute Gasteiger partial charge is 0.329 e. The van der Waals surface area contributed by atoms with Gasteiger partial charge in [0.25, 0.3) is 5.56 Å². The van der Waals surface area contributed by atoms with Gasteiger partial charge in [-0.1, -0.05) is 0 Å². The van der Waals surface area contributed by atoms with Crippen LogP contribution in [0.15, 0.2) is 15.7 Å². The molecular formula is C22H24FN3O3S. The van der Waals surface area contributed by atoms with E-state index in [0.29, 0.717) is 23.5 Å². The minimum atomic E-state index is -0.579. The lowest BCUT2D eigenvalue weighted by Gasteiger charge is -2.19. The maximum Gasteiger partial charge on any atom is 0.329 e. The van der Waals surface area contributed by atoms with Crippen molar-refractivity contribution in [2.75, 3.05) is 13.7 Å². The van der Waals surface area contributed by atoms with Gasteiger partial charge in [0.15, 0.2) is 5.75 Å². The van der Waals surface area contributed by atoms with Crippen LogP contribution >= 0.6 is 11.3 Å². The van der Waals surface area contributed by atoms with E-state index in [1.54, 1.807) is 22.8 Å². The van der Waals surface area contributed by atoms with E-state index in [-0.39, 0.29) is 22.7 Å². The number of H-pyrrole nitrogens is 1. The number of aryl methyl sites for hydroxylation is 2. The number of rotatable bonds is 4. The van der Waals surface area contributed by atoms with E-state index in [1.807, 2.05) is 6.07 Å². The highest BCUT2D eigenvalue weighted by Crippen LogP contribution is 2.47. The van der Waals surface area contributed by atoms with E-state index in [2.05, 4.69) is 4.98 Å². The Bertz CT molecular complexity index is 1290. The molecular weight excluding hydrogens is 405 g/mol. The fraction of sp³-hybridized carbons (Fsp3) is 0.455. The molecule has 3 N–H and O–H groups in total. The second kappa shape index (κ2) is 7.06. The number of fused-ring (bicyclic) bond motifs is 2. The molecule has 0 spiro atoms. The van der Waals surface area contributed by atoms with Gasteiger partial charge in [-0.3, -0.25) is 14.3 Å². The van der Waals surface area contributed by atoms with Crippen molar-refractivity contribution in [1.29, 1.82) is 0 Å². The van der Waals surface area contributed by atoms with Gasteiger partial charge in [0.2, 0.25) is 0 Å². The van der Waals surface area contributed by atoms with Crippen LogP contribution in [0.1, 0.15) is 41.3 Å². The Balaban J connectivity index is 1.83. The Labute approximate surface area is 176 Å². The zero-order valence-corrected chi connectivity index (χ0v) is 17.8. The number of halogens is 1. The molecule has 0 amide bonds. The van der Waals surface area contributed by atoms with Crippen molar-refractivity contribution in [3.05, 3.63) is 48.7 Å². The zero-order valence-electron chi connectivity index (χ0n) is 17.0. The van der Waals surface area contributed by atoms with Crippen molar-refractivity contribution in [3.63, 3.8) is 0 Å². The van der Waals surface area contributed by atoms with Crippen molar-refractivity contribution in [3.8, 4) is 16.2 Å². The number of benzene rings is 1. The van der Waals surface area contributed by atoms with Crippen molar-refractivity contribution in [1.82, 2.24) is 9.55 Å². The molecule has 5 rings (SSSR count). The average molecular weight is 430 g/mol. The van der Waals surface area contributed by atoms with Gasteiger partial charge >= 0.3 is 5.69 Å². The van der Waals surface area contributed by atoms with Crippen LogP contribution in [0.4, 0.5) is 4.39 Å². The fourth-order valence-electron chi connectivity index (χ4n) is 4.66. The number of aromatic amines is 1. The van der Waals surface area contributed by atoms with Crippen LogP contribution in [-0.2, 0) is 12.8 Å². The summed E-state index contributed by atoms with van der Waals surface area (Å²) < 4.78 is 22.9. The van der Waals surface area contributed by atoms with Gasteiger partial charge < -0.3 is 10.5 Å². The lowest BCUT2D eigenvalue weighted by molar-refractivity contribution is 0.415. The Morgan fingerprint density at radius 1 is 1.33 bits per heavy atom. The third-order valence-electron chi connectivity index (χ3n) is 6.39. The Hall–Kier alpha value is -2.45.